The molecule has 0 radical (unpaired) electrons. The lowest BCUT2D eigenvalue weighted by atomic mass is 9.45. The highest BCUT2D eigenvalue weighted by Gasteiger charge is 2.68. The number of aliphatic hydroxyl groups excluding tert-OH is 1. The van der Waals surface area contributed by atoms with Crippen molar-refractivity contribution in [3.8, 4) is 0 Å². The lowest BCUT2D eigenvalue weighted by molar-refractivity contribution is -0.307. The van der Waals surface area contributed by atoms with Gasteiger partial charge in [-0.2, -0.15) is 0 Å². The maximum absolute atomic E-state index is 11.5. The molecule has 158 valence electrons. The summed E-state index contributed by atoms with van der Waals surface area (Å²) in [6.07, 6.45) is 7.68. The SMILES string of the molecule is CC1(C2CCC3C4CC=C5C[C@@H](O)CCC5(C)C4C(O)(O)CC32C)OCCO1. The van der Waals surface area contributed by atoms with Crippen LogP contribution in [0.4, 0.5) is 0 Å². The maximum Gasteiger partial charge on any atom is 0.169 e. The highest BCUT2D eigenvalue weighted by Crippen LogP contribution is 2.69. The highest BCUT2D eigenvalue weighted by atomic mass is 16.7. The van der Waals surface area contributed by atoms with Gasteiger partial charge in [0.05, 0.1) is 19.3 Å². The van der Waals surface area contributed by atoms with Crippen LogP contribution in [0.3, 0.4) is 0 Å². The van der Waals surface area contributed by atoms with Crippen molar-refractivity contribution < 1.29 is 24.8 Å². The van der Waals surface area contributed by atoms with Crippen LogP contribution < -0.4 is 0 Å². The third-order valence-corrected chi connectivity index (χ3v) is 9.50. The number of rotatable bonds is 1. The van der Waals surface area contributed by atoms with Crippen molar-refractivity contribution in [2.75, 3.05) is 13.2 Å². The van der Waals surface area contributed by atoms with Crippen LogP contribution in [-0.4, -0.2) is 46.2 Å². The van der Waals surface area contributed by atoms with E-state index in [2.05, 4.69) is 19.9 Å². The van der Waals surface area contributed by atoms with Crippen molar-refractivity contribution in [2.24, 2.45) is 34.5 Å². The summed E-state index contributed by atoms with van der Waals surface area (Å²) in [7, 11) is 0. The van der Waals surface area contributed by atoms with Crippen LogP contribution in [0.25, 0.3) is 0 Å². The molecular weight excluding hydrogens is 356 g/mol. The lowest BCUT2D eigenvalue weighted by Gasteiger charge is -2.62. The second kappa shape index (κ2) is 6.04. The van der Waals surface area contributed by atoms with Gasteiger partial charge in [0.15, 0.2) is 11.6 Å². The molecule has 6 unspecified atom stereocenters. The standard InChI is InChI=1S/C23H36O5/c1-20-9-8-15(24)12-14(20)4-5-16-17-6-7-18(22(3)27-10-11-28-22)21(17,2)13-23(25,26)19(16)20/h4,15-19,24-26H,5-13H2,1-3H3/t15-,16?,17?,18?,19?,20?,21?/m0/s1. The first-order valence-corrected chi connectivity index (χ1v) is 11.2. The van der Waals surface area contributed by atoms with Crippen LogP contribution >= 0.6 is 0 Å². The van der Waals surface area contributed by atoms with Gasteiger partial charge >= 0.3 is 0 Å². The Bertz CT molecular complexity index is 680. The summed E-state index contributed by atoms with van der Waals surface area (Å²) in [5.41, 5.74) is 0.808. The van der Waals surface area contributed by atoms with E-state index in [1.165, 1.54) is 5.57 Å². The van der Waals surface area contributed by atoms with Crippen LogP contribution in [0, 0.1) is 34.5 Å². The molecule has 1 saturated heterocycles. The minimum atomic E-state index is -1.70. The van der Waals surface area contributed by atoms with Crippen LogP contribution in [-0.2, 0) is 9.47 Å². The van der Waals surface area contributed by atoms with Gasteiger partial charge in [-0.05, 0) is 68.1 Å². The lowest BCUT2D eigenvalue weighted by Crippen LogP contribution is -2.63. The molecule has 4 fully saturated rings. The molecule has 1 heterocycles. The Kier molecular flexibility index (Phi) is 4.21. The molecular formula is C23H36O5. The van der Waals surface area contributed by atoms with E-state index in [9.17, 15) is 15.3 Å². The van der Waals surface area contributed by atoms with E-state index < -0.39 is 11.6 Å². The Labute approximate surface area is 168 Å². The van der Waals surface area contributed by atoms with Gasteiger partial charge in [0.25, 0.3) is 0 Å². The molecule has 5 heteroatoms. The van der Waals surface area contributed by atoms with E-state index in [0.717, 1.165) is 32.1 Å². The molecule has 5 rings (SSSR count). The summed E-state index contributed by atoms with van der Waals surface area (Å²) in [6, 6.07) is 0. The molecule has 3 saturated carbocycles. The molecule has 0 bridgehead atoms. The van der Waals surface area contributed by atoms with E-state index in [4.69, 9.17) is 9.47 Å². The van der Waals surface area contributed by atoms with Gasteiger partial charge in [-0.3, -0.25) is 0 Å². The Morgan fingerprint density at radius 2 is 1.75 bits per heavy atom. The average molecular weight is 393 g/mol. The van der Waals surface area contributed by atoms with Gasteiger partial charge in [0.1, 0.15) is 0 Å². The molecule has 5 aliphatic rings. The first-order chi connectivity index (χ1) is 13.1. The summed E-state index contributed by atoms with van der Waals surface area (Å²) in [5, 5.41) is 33.1. The van der Waals surface area contributed by atoms with Crippen molar-refractivity contribution in [1.82, 2.24) is 0 Å². The van der Waals surface area contributed by atoms with Crippen molar-refractivity contribution >= 4 is 0 Å². The summed E-state index contributed by atoms with van der Waals surface area (Å²) in [5.74, 6) is -1.60. The monoisotopic (exact) mass is 392 g/mol. The zero-order valence-corrected chi connectivity index (χ0v) is 17.5. The molecule has 7 atom stereocenters. The Morgan fingerprint density at radius 1 is 1.04 bits per heavy atom. The summed E-state index contributed by atoms with van der Waals surface area (Å²) in [6.45, 7) is 7.74. The van der Waals surface area contributed by atoms with Crippen molar-refractivity contribution in [1.29, 1.82) is 0 Å². The minimum absolute atomic E-state index is 0.164. The second-order valence-corrected chi connectivity index (χ2v) is 10.9. The van der Waals surface area contributed by atoms with E-state index in [-0.39, 0.29) is 34.7 Å². The molecule has 5 nitrogen and oxygen atoms in total. The molecule has 4 aliphatic carbocycles. The molecule has 1 aliphatic heterocycles. The van der Waals surface area contributed by atoms with Crippen LogP contribution in [0.5, 0.6) is 0 Å². The minimum Gasteiger partial charge on any atom is -0.393 e. The van der Waals surface area contributed by atoms with E-state index in [0.29, 0.717) is 32.0 Å². The van der Waals surface area contributed by atoms with E-state index >= 15 is 0 Å². The Balaban J connectivity index is 1.54. The molecule has 0 amide bonds. The highest BCUT2D eigenvalue weighted by molar-refractivity contribution is 5.27. The number of aliphatic hydroxyl groups is 3. The quantitative estimate of drug-likeness (QED) is 0.472. The van der Waals surface area contributed by atoms with Crippen molar-refractivity contribution in [3.63, 3.8) is 0 Å². The van der Waals surface area contributed by atoms with Crippen molar-refractivity contribution in [2.45, 2.75) is 83.4 Å². The van der Waals surface area contributed by atoms with Gasteiger partial charge < -0.3 is 24.8 Å². The van der Waals surface area contributed by atoms with Gasteiger partial charge in [-0.15, -0.1) is 0 Å². The molecule has 3 N–H and O–H groups in total. The van der Waals surface area contributed by atoms with Gasteiger partial charge in [-0.1, -0.05) is 25.5 Å². The zero-order chi connectivity index (χ0) is 19.9. The number of hydrogen-bond acceptors (Lipinski definition) is 5. The summed E-state index contributed by atoms with van der Waals surface area (Å²) in [4.78, 5) is 0. The third kappa shape index (κ3) is 2.49. The van der Waals surface area contributed by atoms with E-state index in [1.54, 1.807) is 0 Å². The second-order valence-electron chi connectivity index (χ2n) is 10.9. The third-order valence-electron chi connectivity index (χ3n) is 9.50. The first kappa shape index (κ1) is 19.5. The summed E-state index contributed by atoms with van der Waals surface area (Å²) >= 11 is 0. The topological polar surface area (TPSA) is 79.2 Å². The van der Waals surface area contributed by atoms with Crippen LogP contribution in [0.15, 0.2) is 11.6 Å². The average Bonchev–Trinajstić information content (AvgIpc) is 3.18. The van der Waals surface area contributed by atoms with Crippen LogP contribution in [0.1, 0.15) is 65.7 Å². The Morgan fingerprint density at radius 3 is 2.46 bits per heavy atom. The predicted octanol–water partition coefficient (Wildman–Crippen LogP) is 2.98. The Hall–Kier alpha value is -0.460. The number of allylic oxidation sites excluding steroid dienone is 1. The largest absolute Gasteiger partial charge is 0.393 e. The van der Waals surface area contributed by atoms with E-state index in [1.807, 2.05) is 6.92 Å². The first-order valence-electron chi connectivity index (χ1n) is 11.2. The van der Waals surface area contributed by atoms with Crippen molar-refractivity contribution in [3.05, 3.63) is 11.6 Å². The molecule has 0 aromatic rings. The van der Waals surface area contributed by atoms with Crippen LogP contribution in [0.2, 0.25) is 0 Å². The van der Waals surface area contributed by atoms with Gasteiger partial charge in [0, 0.05) is 18.3 Å². The molecule has 0 aromatic carbocycles. The fourth-order valence-corrected chi connectivity index (χ4v) is 8.51. The number of ether oxygens (including phenoxy) is 2. The fraction of sp³-hybridized carbons (Fsp3) is 0.913. The molecule has 0 spiro atoms. The summed E-state index contributed by atoms with van der Waals surface area (Å²) < 4.78 is 12.1. The fourth-order valence-electron chi connectivity index (χ4n) is 8.51. The normalized spacial score (nSPS) is 51.8. The smallest absolute Gasteiger partial charge is 0.169 e. The zero-order valence-electron chi connectivity index (χ0n) is 17.5. The predicted molar refractivity (Wildman–Crippen MR) is 104 cm³/mol. The van der Waals surface area contributed by atoms with Gasteiger partial charge in [-0.25, -0.2) is 0 Å². The number of hydrogen-bond donors (Lipinski definition) is 3. The number of fused-ring (bicyclic) bond motifs is 5. The molecule has 0 aromatic heterocycles. The van der Waals surface area contributed by atoms with Gasteiger partial charge in [0.2, 0.25) is 0 Å². The molecule has 28 heavy (non-hydrogen) atoms. The maximum atomic E-state index is 11.5.